The molecular weight excluding hydrogens is 132 g/mol. The fourth-order valence-electron chi connectivity index (χ4n) is 0.457. The zero-order chi connectivity index (χ0) is 7.40. The minimum atomic E-state index is 0.0370. The SMILES string of the molecule is Nc1ccnc(N=C=O)n1. The van der Waals surface area contributed by atoms with E-state index in [4.69, 9.17) is 5.73 Å². The number of carbonyl (C=O) groups excluding carboxylic acids is 1. The van der Waals surface area contributed by atoms with Crippen molar-refractivity contribution in [3.8, 4) is 0 Å². The van der Waals surface area contributed by atoms with Gasteiger partial charge in [0.05, 0.1) is 0 Å². The second-order valence-corrected chi connectivity index (χ2v) is 1.48. The lowest BCUT2D eigenvalue weighted by Crippen LogP contribution is -1.89. The molecular formula is C5H4N4O. The highest BCUT2D eigenvalue weighted by Gasteiger charge is 1.90. The van der Waals surface area contributed by atoms with Gasteiger partial charge in [-0.25, -0.2) is 9.78 Å². The molecule has 0 atom stereocenters. The molecule has 2 N–H and O–H groups in total. The summed E-state index contributed by atoms with van der Waals surface area (Å²) < 4.78 is 0. The zero-order valence-corrected chi connectivity index (χ0v) is 4.98. The van der Waals surface area contributed by atoms with Crippen LogP contribution in [0.15, 0.2) is 17.3 Å². The van der Waals surface area contributed by atoms with Gasteiger partial charge in [0, 0.05) is 6.20 Å². The first-order valence-corrected chi connectivity index (χ1v) is 2.49. The van der Waals surface area contributed by atoms with Crippen LogP contribution >= 0.6 is 0 Å². The van der Waals surface area contributed by atoms with Crippen LogP contribution in [0.1, 0.15) is 0 Å². The molecule has 0 saturated carbocycles. The predicted molar refractivity (Wildman–Crippen MR) is 34.2 cm³/mol. The topological polar surface area (TPSA) is 81.2 Å². The minimum absolute atomic E-state index is 0.0370. The van der Waals surface area contributed by atoms with Crippen LogP contribution in [-0.2, 0) is 4.79 Å². The number of hydrogen-bond acceptors (Lipinski definition) is 5. The molecule has 0 bridgehead atoms. The highest BCUT2D eigenvalue weighted by atomic mass is 16.1. The smallest absolute Gasteiger partial charge is 0.262 e. The fraction of sp³-hybridized carbons (Fsp3) is 0. The molecule has 10 heavy (non-hydrogen) atoms. The standard InChI is InChI=1S/C5H4N4O/c6-4-1-2-7-5(9-4)8-3-10/h1-2H,(H2,6,7,9). The van der Waals surface area contributed by atoms with Crippen LogP contribution < -0.4 is 5.73 Å². The molecule has 1 aromatic rings. The van der Waals surface area contributed by atoms with Gasteiger partial charge < -0.3 is 5.73 Å². The molecule has 0 saturated heterocycles. The lowest BCUT2D eigenvalue weighted by atomic mass is 10.6. The molecule has 0 aliphatic rings. The molecule has 5 heteroatoms. The van der Waals surface area contributed by atoms with E-state index in [1.54, 1.807) is 0 Å². The number of nitrogens with two attached hydrogens (primary N) is 1. The number of nitrogen functional groups attached to an aromatic ring is 1. The molecule has 0 fully saturated rings. The molecule has 0 spiro atoms. The maximum absolute atomic E-state index is 9.67. The first kappa shape index (κ1) is 6.38. The number of nitrogens with zero attached hydrogens (tertiary/aromatic N) is 3. The highest BCUT2D eigenvalue weighted by molar-refractivity contribution is 5.42. The number of aromatic nitrogens is 2. The Morgan fingerprint density at radius 3 is 3.10 bits per heavy atom. The quantitative estimate of drug-likeness (QED) is 0.436. The van der Waals surface area contributed by atoms with Crippen molar-refractivity contribution in [2.24, 2.45) is 4.99 Å². The number of anilines is 1. The van der Waals surface area contributed by atoms with Crippen LogP contribution in [0.25, 0.3) is 0 Å². The lowest BCUT2D eigenvalue weighted by molar-refractivity contribution is 0.565. The predicted octanol–water partition coefficient (Wildman–Crippen LogP) is 0.0261. The van der Waals surface area contributed by atoms with Crippen LogP contribution in [0.3, 0.4) is 0 Å². The monoisotopic (exact) mass is 136 g/mol. The zero-order valence-electron chi connectivity index (χ0n) is 4.98. The minimum Gasteiger partial charge on any atom is -0.384 e. The van der Waals surface area contributed by atoms with E-state index in [0.29, 0.717) is 0 Å². The second kappa shape index (κ2) is 2.70. The van der Waals surface area contributed by atoms with Crippen molar-refractivity contribution in [3.05, 3.63) is 12.3 Å². The third-order valence-electron chi connectivity index (χ3n) is 0.810. The third kappa shape index (κ3) is 1.37. The number of hydrogen-bond donors (Lipinski definition) is 1. The first-order chi connectivity index (χ1) is 4.83. The van der Waals surface area contributed by atoms with Gasteiger partial charge >= 0.3 is 0 Å². The largest absolute Gasteiger partial charge is 0.384 e. The summed E-state index contributed by atoms with van der Waals surface area (Å²) in [5.74, 6) is 0.319. The molecule has 0 unspecified atom stereocenters. The summed E-state index contributed by atoms with van der Waals surface area (Å²) in [6.45, 7) is 0. The lowest BCUT2D eigenvalue weighted by Gasteiger charge is -1.88. The van der Waals surface area contributed by atoms with Crippen molar-refractivity contribution in [3.63, 3.8) is 0 Å². The van der Waals surface area contributed by atoms with E-state index in [1.807, 2.05) is 0 Å². The fourth-order valence-corrected chi connectivity index (χ4v) is 0.457. The molecule has 0 aliphatic heterocycles. The first-order valence-electron chi connectivity index (χ1n) is 2.49. The molecule has 5 nitrogen and oxygen atoms in total. The van der Waals surface area contributed by atoms with Gasteiger partial charge in [-0.15, -0.1) is 4.99 Å². The maximum atomic E-state index is 9.67. The van der Waals surface area contributed by atoms with E-state index in [2.05, 4.69) is 15.0 Å². The van der Waals surface area contributed by atoms with E-state index in [9.17, 15) is 4.79 Å². The van der Waals surface area contributed by atoms with Crippen molar-refractivity contribution < 1.29 is 4.79 Å². The number of aliphatic imine (C=N–C) groups is 1. The Kier molecular flexibility index (Phi) is 1.72. The Labute approximate surface area is 56.6 Å². The molecule has 0 aromatic carbocycles. The highest BCUT2D eigenvalue weighted by Crippen LogP contribution is 2.02. The van der Waals surface area contributed by atoms with E-state index >= 15 is 0 Å². The summed E-state index contributed by atoms with van der Waals surface area (Å²) in [5, 5.41) is 0. The van der Waals surface area contributed by atoms with Crippen molar-refractivity contribution in [1.82, 2.24) is 9.97 Å². The summed E-state index contributed by atoms with van der Waals surface area (Å²) >= 11 is 0. The van der Waals surface area contributed by atoms with Crippen LogP contribution in [-0.4, -0.2) is 16.0 Å². The van der Waals surface area contributed by atoms with Gasteiger partial charge in [0.2, 0.25) is 6.08 Å². The van der Waals surface area contributed by atoms with E-state index in [0.717, 1.165) is 0 Å². The summed E-state index contributed by atoms with van der Waals surface area (Å²) in [7, 11) is 0. The molecule has 1 heterocycles. The van der Waals surface area contributed by atoms with Crippen LogP contribution in [0, 0.1) is 0 Å². The van der Waals surface area contributed by atoms with Crippen molar-refractivity contribution >= 4 is 17.8 Å². The molecule has 1 rings (SSSR count). The average molecular weight is 136 g/mol. The van der Waals surface area contributed by atoms with Crippen LogP contribution in [0.2, 0.25) is 0 Å². The Hall–Kier alpha value is -1.74. The Bertz CT molecular complexity index is 279. The van der Waals surface area contributed by atoms with E-state index < -0.39 is 0 Å². The summed E-state index contributed by atoms with van der Waals surface area (Å²) in [5.41, 5.74) is 5.25. The van der Waals surface area contributed by atoms with E-state index in [-0.39, 0.29) is 11.8 Å². The Morgan fingerprint density at radius 2 is 2.50 bits per heavy atom. The Morgan fingerprint density at radius 1 is 1.70 bits per heavy atom. The van der Waals surface area contributed by atoms with Gasteiger partial charge in [-0.1, -0.05) is 0 Å². The Balaban J connectivity index is 3.06. The van der Waals surface area contributed by atoms with Crippen LogP contribution in [0.4, 0.5) is 11.8 Å². The van der Waals surface area contributed by atoms with E-state index in [1.165, 1.54) is 18.3 Å². The van der Waals surface area contributed by atoms with Gasteiger partial charge in [-0.3, -0.25) is 0 Å². The molecule has 1 aromatic heterocycles. The van der Waals surface area contributed by atoms with Gasteiger partial charge in [-0.2, -0.15) is 4.98 Å². The van der Waals surface area contributed by atoms with Gasteiger partial charge in [0.25, 0.3) is 5.95 Å². The number of isocyanates is 1. The molecule has 0 aliphatic carbocycles. The van der Waals surface area contributed by atoms with Crippen molar-refractivity contribution in [1.29, 1.82) is 0 Å². The summed E-state index contributed by atoms with van der Waals surface area (Å²) in [6.07, 6.45) is 2.72. The molecule has 0 radical (unpaired) electrons. The van der Waals surface area contributed by atoms with Gasteiger partial charge in [-0.05, 0) is 6.07 Å². The van der Waals surface area contributed by atoms with Gasteiger partial charge in [0.15, 0.2) is 0 Å². The van der Waals surface area contributed by atoms with Crippen molar-refractivity contribution in [2.45, 2.75) is 0 Å². The molecule has 0 amide bonds. The third-order valence-corrected chi connectivity index (χ3v) is 0.810. The summed E-state index contributed by atoms with van der Waals surface area (Å²) in [4.78, 5) is 20.0. The van der Waals surface area contributed by atoms with Crippen LogP contribution in [0.5, 0.6) is 0 Å². The number of rotatable bonds is 1. The second-order valence-electron chi connectivity index (χ2n) is 1.48. The van der Waals surface area contributed by atoms with Crippen molar-refractivity contribution in [2.75, 3.05) is 5.73 Å². The normalized spacial score (nSPS) is 8.40. The maximum Gasteiger partial charge on any atom is 0.262 e. The molecule has 50 valence electrons. The summed E-state index contributed by atoms with van der Waals surface area (Å²) in [6, 6.07) is 1.50. The van der Waals surface area contributed by atoms with Gasteiger partial charge in [0.1, 0.15) is 5.82 Å². The average Bonchev–Trinajstić information content (AvgIpc) is 1.88.